The monoisotopic (exact) mass is 1170 g/mol. The van der Waals surface area contributed by atoms with Gasteiger partial charge < -0.3 is 19.6 Å². The van der Waals surface area contributed by atoms with Crippen LogP contribution < -0.4 is 19.6 Å². The Hall–Kier alpha value is -12.2. The van der Waals surface area contributed by atoms with E-state index in [-0.39, 0.29) is 0 Å². The molecule has 16 rings (SSSR count). The summed E-state index contributed by atoms with van der Waals surface area (Å²) in [6, 6.07) is 136. The van der Waals surface area contributed by atoms with Gasteiger partial charge >= 0.3 is 0 Å². The third-order valence-electron chi connectivity index (χ3n) is 17.7. The summed E-state index contributed by atoms with van der Waals surface area (Å²) < 4.78 is 0. The molecule has 0 atom stereocenters. The van der Waals surface area contributed by atoms with Gasteiger partial charge in [0.1, 0.15) is 0 Å². The van der Waals surface area contributed by atoms with Crippen LogP contribution in [0.5, 0.6) is 0 Å². The Morgan fingerprint density at radius 1 is 0.120 bits per heavy atom. The number of fused-ring (bicyclic) bond motifs is 6. The molecule has 0 aliphatic heterocycles. The zero-order valence-electron chi connectivity index (χ0n) is 50.6. The molecule has 4 nitrogen and oxygen atoms in total. The Morgan fingerprint density at radius 2 is 0.283 bits per heavy atom. The normalized spacial score (nSPS) is 11.3. The van der Waals surface area contributed by atoms with Crippen LogP contribution in [0.2, 0.25) is 0 Å². The van der Waals surface area contributed by atoms with E-state index in [1.807, 2.05) is 0 Å². The maximum Gasteiger partial charge on any atom is 0.0468 e. The van der Waals surface area contributed by atoms with E-state index in [1.165, 1.54) is 65.3 Å². The fourth-order valence-electron chi connectivity index (χ4n) is 13.2. The third kappa shape index (κ3) is 10.8. The third-order valence-corrected chi connectivity index (χ3v) is 17.7. The van der Waals surface area contributed by atoms with Crippen molar-refractivity contribution in [2.24, 2.45) is 0 Å². The van der Waals surface area contributed by atoms with Gasteiger partial charge in [-0.05, 0) is 222 Å². The summed E-state index contributed by atoms with van der Waals surface area (Å²) in [6.45, 7) is 0. The van der Waals surface area contributed by atoms with Gasteiger partial charge in [-0.2, -0.15) is 0 Å². The molecule has 92 heavy (non-hydrogen) atoms. The molecule has 0 aliphatic carbocycles. The van der Waals surface area contributed by atoms with E-state index in [0.29, 0.717) is 0 Å². The summed E-state index contributed by atoms with van der Waals surface area (Å²) in [6.07, 6.45) is 0. The summed E-state index contributed by atoms with van der Waals surface area (Å²) in [4.78, 5) is 9.40. The summed E-state index contributed by atoms with van der Waals surface area (Å²) in [5.74, 6) is 0. The van der Waals surface area contributed by atoms with Crippen LogP contribution in [0.1, 0.15) is 0 Å². The molecule has 0 N–H and O–H groups in total. The predicted molar refractivity (Wildman–Crippen MR) is 392 cm³/mol. The van der Waals surface area contributed by atoms with Crippen molar-refractivity contribution < 1.29 is 0 Å². The number of nitrogens with zero attached hydrogens (tertiary/aromatic N) is 4. The van der Waals surface area contributed by atoms with Gasteiger partial charge in [-0.3, -0.25) is 0 Å². The zero-order chi connectivity index (χ0) is 61.2. The van der Waals surface area contributed by atoms with Crippen molar-refractivity contribution in [1.82, 2.24) is 0 Å². The minimum absolute atomic E-state index is 1.07. The number of benzene rings is 16. The molecule has 0 saturated heterocycles. The molecule has 16 aromatic rings. The van der Waals surface area contributed by atoms with Crippen LogP contribution in [-0.4, -0.2) is 0 Å². The van der Waals surface area contributed by atoms with Crippen LogP contribution in [0.15, 0.2) is 376 Å². The number of hydrogen-bond donors (Lipinski definition) is 0. The number of para-hydroxylation sites is 4. The van der Waals surface area contributed by atoms with Crippen molar-refractivity contribution >= 4 is 111 Å². The van der Waals surface area contributed by atoms with Crippen molar-refractivity contribution in [2.75, 3.05) is 19.6 Å². The molecule has 0 aromatic heterocycles. The van der Waals surface area contributed by atoms with Gasteiger partial charge in [-0.15, -0.1) is 0 Å². The second kappa shape index (κ2) is 24.4. The maximum absolute atomic E-state index is 2.38. The Balaban J connectivity index is 0.727. The van der Waals surface area contributed by atoms with E-state index in [4.69, 9.17) is 0 Å². The molecule has 0 heterocycles. The molecule has 16 aromatic carbocycles. The average molecular weight is 1180 g/mol. The smallest absolute Gasteiger partial charge is 0.0468 e. The summed E-state index contributed by atoms with van der Waals surface area (Å²) in [5.41, 5.74) is 20.2. The zero-order valence-corrected chi connectivity index (χ0v) is 50.6. The van der Waals surface area contributed by atoms with Gasteiger partial charge in [0.2, 0.25) is 0 Å². The van der Waals surface area contributed by atoms with Crippen LogP contribution in [0.3, 0.4) is 0 Å². The Morgan fingerprint density at radius 3 is 0.489 bits per heavy atom. The van der Waals surface area contributed by atoms with E-state index >= 15 is 0 Å². The van der Waals surface area contributed by atoms with Gasteiger partial charge in [0.15, 0.2) is 0 Å². The van der Waals surface area contributed by atoms with Gasteiger partial charge in [0.05, 0.1) is 0 Å². The molecule has 0 amide bonds. The Kier molecular flexibility index (Phi) is 14.6. The standard InChI is InChI=1S/C88H62N4/c1-7-19-63(20-8-1)65-35-43-77(44-36-65)91(83-53-57-87-71(61-83)33-31-69-59-81(51-55-85(69)87)89(73-23-11-3-12-24-73)74-25-13-4-14-26-74)79-47-39-67(40-48-79)68-41-49-80(50-42-68)92(78-45-37-66(38-46-78)64-21-9-2-10-22-64)84-54-58-88-72(62-84)34-32-70-60-82(52-56-86(70)88)90(75-27-15-5-16-28-75)76-29-17-6-18-30-76/h1-62H. The van der Waals surface area contributed by atoms with E-state index < -0.39 is 0 Å². The van der Waals surface area contributed by atoms with E-state index in [2.05, 4.69) is 396 Å². The highest BCUT2D eigenvalue weighted by atomic mass is 15.2. The lowest BCUT2D eigenvalue weighted by molar-refractivity contribution is 1.28. The van der Waals surface area contributed by atoms with Crippen LogP contribution in [0.4, 0.5) is 68.2 Å². The van der Waals surface area contributed by atoms with Crippen molar-refractivity contribution in [3.05, 3.63) is 376 Å². The van der Waals surface area contributed by atoms with E-state index in [9.17, 15) is 0 Å². The summed E-state index contributed by atoms with van der Waals surface area (Å²) in [7, 11) is 0. The number of anilines is 12. The summed E-state index contributed by atoms with van der Waals surface area (Å²) >= 11 is 0. The van der Waals surface area contributed by atoms with Crippen molar-refractivity contribution in [2.45, 2.75) is 0 Å². The number of rotatable bonds is 15. The molecule has 0 unspecified atom stereocenters. The Bertz CT molecular complexity index is 4810. The highest BCUT2D eigenvalue weighted by Gasteiger charge is 2.20. The lowest BCUT2D eigenvalue weighted by Crippen LogP contribution is -2.10. The van der Waals surface area contributed by atoms with E-state index in [1.54, 1.807) is 0 Å². The molecule has 0 fully saturated rings. The Labute approximate surface area is 537 Å². The van der Waals surface area contributed by atoms with Crippen LogP contribution >= 0.6 is 0 Å². The van der Waals surface area contributed by atoms with Gasteiger partial charge in [-0.25, -0.2) is 0 Å². The topological polar surface area (TPSA) is 13.0 Å². The largest absolute Gasteiger partial charge is 0.310 e. The van der Waals surface area contributed by atoms with Crippen molar-refractivity contribution in [3.63, 3.8) is 0 Å². The first-order valence-electron chi connectivity index (χ1n) is 31.5. The average Bonchev–Trinajstić information content (AvgIpc) is 1.13. The lowest BCUT2D eigenvalue weighted by Gasteiger charge is -2.27. The number of hydrogen-bond acceptors (Lipinski definition) is 4. The molecule has 0 bridgehead atoms. The van der Waals surface area contributed by atoms with Gasteiger partial charge in [-0.1, -0.05) is 231 Å². The second-order valence-electron chi connectivity index (χ2n) is 23.4. The minimum atomic E-state index is 1.07. The molecule has 0 aliphatic rings. The highest BCUT2D eigenvalue weighted by Crippen LogP contribution is 2.44. The van der Waals surface area contributed by atoms with Crippen molar-refractivity contribution in [3.8, 4) is 33.4 Å². The summed E-state index contributed by atoms with van der Waals surface area (Å²) in [5, 5.41) is 9.59. The fraction of sp³-hybridized carbons (Fsp3) is 0. The van der Waals surface area contributed by atoms with Gasteiger partial charge in [0.25, 0.3) is 0 Å². The van der Waals surface area contributed by atoms with Crippen LogP contribution in [0, 0.1) is 0 Å². The first-order valence-corrected chi connectivity index (χ1v) is 31.5. The quantitative estimate of drug-likeness (QED) is 0.0949. The molecule has 0 radical (unpaired) electrons. The van der Waals surface area contributed by atoms with Gasteiger partial charge in [0, 0.05) is 68.2 Å². The maximum atomic E-state index is 2.38. The molecule has 4 heteroatoms. The van der Waals surface area contributed by atoms with Crippen molar-refractivity contribution in [1.29, 1.82) is 0 Å². The van der Waals surface area contributed by atoms with E-state index in [0.717, 1.165) is 79.4 Å². The van der Waals surface area contributed by atoms with Crippen LogP contribution in [0.25, 0.3) is 76.5 Å². The SMILES string of the molecule is c1ccc(-c2ccc(N(c3ccc(-c4ccc(N(c5ccc(-c6ccccc6)cc5)c5ccc6c(ccc7cc(N(c8ccccc8)c8ccccc8)ccc76)c5)cc4)cc3)c3ccc4c(ccc5cc(N(c6ccccc6)c6ccccc6)ccc54)c3)cc2)cc1. The van der Waals surface area contributed by atoms with Crippen LogP contribution in [-0.2, 0) is 0 Å². The predicted octanol–water partition coefficient (Wildman–Crippen LogP) is 25.2. The first-order chi connectivity index (χ1) is 45.6. The highest BCUT2D eigenvalue weighted by molar-refractivity contribution is 6.11. The second-order valence-corrected chi connectivity index (χ2v) is 23.4. The molecular formula is C88H62N4. The molecule has 0 spiro atoms. The molecule has 0 saturated carbocycles. The first kappa shape index (κ1) is 55.1. The molecule has 434 valence electrons. The minimum Gasteiger partial charge on any atom is -0.310 e. The molecular weight excluding hydrogens is 1110 g/mol. The fourth-order valence-corrected chi connectivity index (χ4v) is 13.2. The lowest BCUT2D eigenvalue weighted by atomic mass is 9.99.